The summed E-state index contributed by atoms with van der Waals surface area (Å²) in [6, 6.07) is 11.6. The maximum atomic E-state index is 12.9. The van der Waals surface area contributed by atoms with Gasteiger partial charge < -0.3 is 14.4 Å². The first kappa shape index (κ1) is 18.3. The molecular weight excluding hydrogens is 358 g/mol. The normalized spacial score (nSPS) is 12.1. The number of aliphatic hydroxyl groups excluding tert-OH is 1. The van der Waals surface area contributed by atoms with Crippen molar-refractivity contribution in [2.45, 2.75) is 26.0 Å². The lowest BCUT2D eigenvalue weighted by Crippen LogP contribution is -2.39. The number of ether oxygens (including phenoxy) is 1. The molecule has 0 amide bonds. The predicted octanol–water partition coefficient (Wildman–Crippen LogP) is 1.98. The predicted molar refractivity (Wildman–Crippen MR) is 105 cm³/mol. The Morgan fingerprint density at radius 3 is 2.57 bits per heavy atom. The van der Waals surface area contributed by atoms with Gasteiger partial charge in [-0.2, -0.15) is 5.10 Å². The van der Waals surface area contributed by atoms with E-state index in [1.54, 1.807) is 37.7 Å². The van der Waals surface area contributed by atoms with Crippen molar-refractivity contribution in [1.82, 2.24) is 24.4 Å². The molecule has 0 atom stereocenters. The van der Waals surface area contributed by atoms with E-state index in [9.17, 15) is 9.90 Å². The molecular formula is C20H21N5O3. The van der Waals surface area contributed by atoms with Gasteiger partial charge in [0.1, 0.15) is 5.52 Å². The van der Waals surface area contributed by atoms with Crippen molar-refractivity contribution in [2.24, 2.45) is 0 Å². The second-order valence-electron chi connectivity index (χ2n) is 7.25. The van der Waals surface area contributed by atoms with Gasteiger partial charge in [0.2, 0.25) is 0 Å². The van der Waals surface area contributed by atoms with Gasteiger partial charge in [0.05, 0.1) is 30.0 Å². The molecule has 0 aliphatic heterocycles. The fraction of sp³-hybridized carbons (Fsp3) is 0.300. The molecule has 0 radical (unpaired) electrons. The standard InChI is InChI=1S/C20H21N5O3/c1-20(2,12-26)24-10-9-15-17(19(24)27)21-22-18-16(13-7-5-4-6-8-13)14(11-28-3)23-25(15)18/h4-10,26H,11-12H2,1-3H3. The Balaban J connectivity index is 2.04. The van der Waals surface area contributed by atoms with Crippen LogP contribution in [0.2, 0.25) is 0 Å². The maximum absolute atomic E-state index is 12.9. The molecule has 0 bridgehead atoms. The van der Waals surface area contributed by atoms with Crippen molar-refractivity contribution < 1.29 is 9.84 Å². The highest BCUT2D eigenvalue weighted by Gasteiger charge is 2.24. The number of aromatic nitrogens is 5. The summed E-state index contributed by atoms with van der Waals surface area (Å²) in [6.07, 6.45) is 1.65. The third-order valence-corrected chi connectivity index (χ3v) is 4.83. The quantitative estimate of drug-likeness (QED) is 0.570. The molecule has 8 nitrogen and oxygen atoms in total. The Morgan fingerprint density at radius 2 is 1.89 bits per heavy atom. The molecule has 4 rings (SSSR count). The van der Waals surface area contributed by atoms with Gasteiger partial charge in [-0.15, -0.1) is 10.2 Å². The van der Waals surface area contributed by atoms with Gasteiger partial charge >= 0.3 is 0 Å². The minimum Gasteiger partial charge on any atom is -0.394 e. The summed E-state index contributed by atoms with van der Waals surface area (Å²) in [6.45, 7) is 3.70. The van der Waals surface area contributed by atoms with E-state index >= 15 is 0 Å². The number of pyridine rings is 1. The fourth-order valence-electron chi connectivity index (χ4n) is 3.28. The lowest BCUT2D eigenvalue weighted by atomic mass is 10.1. The van der Waals surface area contributed by atoms with Gasteiger partial charge in [-0.1, -0.05) is 30.3 Å². The topological polar surface area (TPSA) is 94.5 Å². The summed E-state index contributed by atoms with van der Waals surface area (Å²) < 4.78 is 8.42. The molecule has 3 heterocycles. The molecule has 0 unspecified atom stereocenters. The first-order valence-electron chi connectivity index (χ1n) is 8.93. The van der Waals surface area contributed by atoms with Crippen molar-refractivity contribution in [2.75, 3.05) is 13.7 Å². The van der Waals surface area contributed by atoms with Crippen LogP contribution in [0.25, 0.3) is 27.8 Å². The van der Waals surface area contributed by atoms with E-state index in [4.69, 9.17) is 4.74 Å². The van der Waals surface area contributed by atoms with E-state index in [0.29, 0.717) is 17.8 Å². The van der Waals surface area contributed by atoms with E-state index in [2.05, 4.69) is 15.3 Å². The smallest absolute Gasteiger partial charge is 0.281 e. The average molecular weight is 379 g/mol. The van der Waals surface area contributed by atoms with E-state index in [1.807, 2.05) is 30.3 Å². The third-order valence-electron chi connectivity index (χ3n) is 4.83. The molecule has 1 N–H and O–H groups in total. The molecule has 0 saturated carbocycles. The number of rotatable bonds is 5. The van der Waals surface area contributed by atoms with Gasteiger partial charge in [0, 0.05) is 13.3 Å². The van der Waals surface area contributed by atoms with Crippen molar-refractivity contribution in [1.29, 1.82) is 0 Å². The molecule has 3 aromatic heterocycles. The first-order chi connectivity index (χ1) is 13.5. The van der Waals surface area contributed by atoms with Gasteiger partial charge in [-0.25, -0.2) is 4.52 Å². The monoisotopic (exact) mass is 379 g/mol. The fourth-order valence-corrected chi connectivity index (χ4v) is 3.28. The summed E-state index contributed by atoms with van der Waals surface area (Å²) in [4.78, 5) is 12.9. The average Bonchev–Trinajstić information content (AvgIpc) is 3.07. The molecule has 144 valence electrons. The molecule has 4 aromatic rings. The Hall–Kier alpha value is -3.10. The number of nitrogens with zero attached hydrogens (tertiary/aromatic N) is 5. The second kappa shape index (κ2) is 6.81. The highest BCUT2D eigenvalue weighted by Crippen LogP contribution is 2.29. The summed E-state index contributed by atoms with van der Waals surface area (Å²) in [5, 5.41) is 22.8. The Morgan fingerprint density at radius 1 is 1.14 bits per heavy atom. The number of hydrogen-bond acceptors (Lipinski definition) is 6. The number of fused-ring (bicyclic) bond motifs is 3. The van der Waals surface area contributed by atoms with Crippen LogP contribution in [0.15, 0.2) is 47.4 Å². The second-order valence-corrected chi connectivity index (χ2v) is 7.25. The lowest BCUT2D eigenvalue weighted by molar-refractivity contribution is 0.161. The Bertz CT molecular complexity index is 1210. The molecule has 8 heteroatoms. The molecule has 0 spiro atoms. The van der Waals surface area contributed by atoms with Crippen molar-refractivity contribution in [3.63, 3.8) is 0 Å². The van der Waals surface area contributed by atoms with Crippen molar-refractivity contribution >= 4 is 16.7 Å². The van der Waals surface area contributed by atoms with Crippen LogP contribution in [-0.4, -0.2) is 43.2 Å². The van der Waals surface area contributed by atoms with Crippen LogP contribution in [0.1, 0.15) is 19.5 Å². The molecule has 0 saturated heterocycles. The zero-order chi connectivity index (χ0) is 19.9. The minimum atomic E-state index is -0.748. The maximum Gasteiger partial charge on any atom is 0.281 e. The minimum absolute atomic E-state index is 0.175. The largest absolute Gasteiger partial charge is 0.394 e. The van der Waals surface area contributed by atoms with Crippen LogP contribution in [-0.2, 0) is 16.9 Å². The van der Waals surface area contributed by atoms with E-state index in [1.165, 1.54) is 4.57 Å². The van der Waals surface area contributed by atoms with Gasteiger partial charge in [-0.3, -0.25) is 4.79 Å². The lowest BCUT2D eigenvalue weighted by Gasteiger charge is -2.24. The summed E-state index contributed by atoms with van der Waals surface area (Å²) in [5.74, 6) is 0. The van der Waals surface area contributed by atoms with Crippen LogP contribution in [0.5, 0.6) is 0 Å². The summed E-state index contributed by atoms with van der Waals surface area (Å²) in [5.41, 5.74) is 2.74. The zero-order valence-corrected chi connectivity index (χ0v) is 16.0. The van der Waals surface area contributed by atoms with Gasteiger partial charge in [0.15, 0.2) is 11.2 Å². The van der Waals surface area contributed by atoms with E-state index < -0.39 is 5.54 Å². The van der Waals surface area contributed by atoms with Crippen LogP contribution in [0.3, 0.4) is 0 Å². The Labute approximate surface area is 161 Å². The number of aliphatic hydroxyl groups is 1. The number of methoxy groups -OCH3 is 1. The third kappa shape index (κ3) is 2.78. The van der Waals surface area contributed by atoms with Crippen LogP contribution in [0, 0.1) is 0 Å². The first-order valence-corrected chi connectivity index (χ1v) is 8.93. The van der Waals surface area contributed by atoms with Crippen molar-refractivity contribution in [3.8, 4) is 11.1 Å². The number of benzene rings is 1. The highest BCUT2D eigenvalue weighted by molar-refractivity contribution is 5.84. The molecule has 0 aliphatic carbocycles. The molecule has 1 aromatic carbocycles. The molecule has 0 fully saturated rings. The zero-order valence-electron chi connectivity index (χ0n) is 16.0. The molecule has 28 heavy (non-hydrogen) atoms. The van der Waals surface area contributed by atoms with Crippen molar-refractivity contribution in [3.05, 3.63) is 58.6 Å². The van der Waals surface area contributed by atoms with Gasteiger partial charge in [-0.05, 0) is 25.5 Å². The van der Waals surface area contributed by atoms with Crippen LogP contribution >= 0.6 is 0 Å². The van der Waals surface area contributed by atoms with Gasteiger partial charge in [0.25, 0.3) is 5.56 Å². The van der Waals surface area contributed by atoms with E-state index in [-0.39, 0.29) is 17.7 Å². The van der Waals surface area contributed by atoms with Crippen LogP contribution < -0.4 is 5.56 Å². The summed E-state index contributed by atoms with van der Waals surface area (Å²) in [7, 11) is 1.61. The van der Waals surface area contributed by atoms with E-state index in [0.717, 1.165) is 16.8 Å². The SMILES string of the molecule is COCc1nn2c(nnc3c(=O)n(C(C)(C)CO)ccc32)c1-c1ccccc1. The Kier molecular flexibility index (Phi) is 4.44. The summed E-state index contributed by atoms with van der Waals surface area (Å²) >= 11 is 0. The number of hydrogen-bond donors (Lipinski definition) is 1. The molecule has 0 aliphatic rings. The highest BCUT2D eigenvalue weighted by atomic mass is 16.5. The van der Waals surface area contributed by atoms with Crippen LogP contribution in [0.4, 0.5) is 0 Å².